The van der Waals surface area contributed by atoms with E-state index in [4.69, 9.17) is 14.2 Å². The summed E-state index contributed by atoms with van der Waals surface area (Å²) in [7, 11) is 0. The summed E-state index contributed by atoms with van der Waals surface area (Å²) in [6, 6.07) is 8.05. The molecule has 0 aliphatic carbocycles. The van der Waals surface area contributed by atoms with Gasteiger partial charge >= 0.3 is 0 Å². The average Bonchev–Trinajstić information content (AvgIpc) is 3.17. The summed E-state index contributed by atoms with van der Waals surface area (Å²) in [5.74, 6) is 1.75. The van der Waals surface area contributed by atoms with Crippen LogP contribution in [0.15, 0.2) is 30.6 Å². The van der Waals surface area contributed by atoms with Crippen LogP contribution in [-0.2, 0) is 9.47 Å². The van der Waals surface area contributed by atoms with Crippen molar-refractivity contribution < 1.29 is 14.2 Å². The van der Waals surface area contributed by atoms with Crippen LogP contribution in [0.1, 0.15) is 26.7 Å². The first kappa shape index (κ1) is 19.3. The zero-order valence-corrected chi connectivity index (χ0v) is 17.4. The van der Waals surface area contributed by atoms with Crippen molar-refractivity contribution in [2.45, 2.75) is 45.0 Å². The fourth-order valence-corrected chi connectivity index (χ4v) is 4.26. The maximum atomic E-state index is 6.19. The number of nitrogens with one attached hydrogen (secondary N) is 1. The number of anilines is 1. The van der Waals surface area contributed by atoms with Gasteiger partial charge in [-0.1, -0.05) is 0 Å². The van der Waals surface area contributed by atoms with Crippen LogP contribution >= 0.6 is 0 Å². The van der Waals surface area contributed by atoms with Crippen LogP contribution < -0.4 is 9.64 Å². The monoisotopic (exact) mass is 409 g/mol. The van der Waals surface area contributed by atoms with Gasteiger partial charge in [-0.2, -0.15) is 5.10 Å². The number of hydrogen-bond donors (Lipinski definition) is 1. The lowest BCUT2D eigenvalue weighted by Gasteiger charge is -2.36. The van der Waals surface area contributed by atoms with Crippen LogP contribution in [0.2, 0.25) is 0 Å². The van der Waals surface area contributed by atoms with Crippen molar-refractivity contribution in [1.82, 2.24) is 20.2 Å². The Bertz CT molecular complexity index is 1010. The minimum atomic E-state index is 0.170. The Morgan fingerprint density at radius 2 is 1.87 bits per heavy atom. The fraction of sp³-hybridized carbons (Fsp3) is 0.500. The van der Waals surface area contributed by atoms with Gasteiger partial charge in [0.1, 0.15) is 29.7 Å². The molecule has 3 aromatic rings. The number of benzene rings is 1. The average molecular weight is 409 g/mol. The number of aromatic amines is 1. The number of fused-ring (bicyclic) bond motifs is 1. The number of morpholine rings is 1. The standard InChI is InChI=1S/C22H27N5O3/c1-14-11-27(12-15(2)29-14)21-10-20(23-13-24-21)22-18-9-17(3-4-19(18)25-26-22)30-16-5-7-28-8-6-16/h3-4,9-10,13-16H,5-8,11-12H2,1-2H3,(H,25,26). The quantitative estimate of drug-likeness (QED) is 0.708. The molecule has 0 amide bonds. The molecule has 2 saturated heterocycles. The van der Waals surface area contributed by atoms with Gasteiger partial charge in [0.2, 0.25) is 0 Å². The first-order valence-corrected chi connectivity index (χ1v) is 10.6. The van der Waals surface area contributed by atoms with Gasteiger partial charge < -0.3 is 19.1 Å². The third-order valence-electron chi connectivity index (χ3n) is 5.64. The van der Waals surface area contributed by atoms with Crippen molar-refractivity contribution in [3.63, 3.8) is 0 Å². The number of ether oxygens (including phenoxy) is 3. The second-order valence-electron chi connectivity index (χ2n) is 8.13. The van der Waals surface area contributed by atoms with Crippen LogP contribution in [-0.4, -0.2) is 64.8 Å². The van der Waals surface area contributed by atoms with Crippen molar-refractivity contribution in [3.8, 4) is 17.1 Å². The highest BCUT2D eigenvalue weighted by Crippen LogP contribution is 2.31. The Balaban J connectivity index is 1.43. The lowest BCUT2D eigenvalue weighted by molar-refractivity contribution is -0.00546. The van der Waals surface area contributed by atoms with Crippen molar-refractivity contribution >= 4 is 16.7 Å². The van der Waals surface area contributed by atoms with Gasteiger partial charge in [0, 0.05) is 37.4 Å². The predicted molar refractivity (Wildman–Crippen MR) is 114 cm³/mol. The molecule has 158 valence electrons. The van der Waals surface area contributed by atoms with E-state index in [1.807, 2.05) is 24.3 Å². The van der Waals surface area contributed by atoms with Crippen molar-refractivity contribution in [1.29, 1.82) is 0 Å². The summed E-state index contributed by atoms with van der Waals surface area (Å²) >= 11 is 0. The van der Waals surface area contributed by atoms with Crippen molar-refractivity contribution in [3.05, 3.63) is 30.6 Å². The van der Waals surface area contributed by atoms with E-state index < -0.39 is 0 Å². The van der Waals surface area contributed by atoms with Crippen LogP contribution in [0.4, 0.5) is 5.82 Å². The summed E-state index contributed by atoms with van der Waals surface area (Å²) in [5.41, 5.74) is 2.56. The van der Waals surface area contributed by atoms with E-state index in [9.17, 15) is 0 Å². The lowest BCUT2D eigenvalue weighted by atomic mass is 10.1. The summed E-state index contributed by atoms with van der Waals surface area (Å²) in [5, 5.41) is 8.64. The molecular formula is C22H27N5O3. The molecule has 2 aliphatic rings. The van der Waals surface area contributed by atoms with E-state index >= 15 is 0 Å². The number of H-pyrrole nitrogens is 1. The summed E-state index contributed by atoms with van der Waals surface area (Å²) < 4.78 is 17.5. The molecule has 2 aliphatic heterocycles. The van der Waals surface area contributed by atoms with Gasteiger partial charge in [-0.05, 0) is 32.0 Å². The molecule has 0 bridgehead atoms. The zero-order valence-electron chi connectivity index (χ0n) is 17.4. The molecule has 0 saturated carbocycles. The maximum Gasteiger partial charge on any atom is 0.132 e. The molecule has 0 radical (unpaired) electrons. The minimum absolute atomic E-state index is 0.170. The third kappa shape index (κ3) is 3.97. The molecule has 1 aromatic carbocycles. The van der Waals surface area contributed by atoms with E-state index in [0.29, 0.717) is 0 Å². The summed E-state index contributed by atoms with van der Waals surface area (Å²) in [4.78, 5) is 11.3. The smallest absolute Gasteiger partial charge is 0.132 e. The Kier molecular flexibility index (Phi) is 5.26. The highest BCUT2D eigenvalue weighted by Gasteiger charge is 2.24. The molecule has 1 N–H and O–H groups in total. The molecule has 8 nitrogen and oxygen atoms in total. The molecule has 30 heavy (non-hydrogen) atoms. The number of hydrogen-bond acceptors (Lipinski definition) is 7. The number of rotatable bonds is 4. The van der Waals surface area contributed by atoms with E-state index in [-0.39, 0.29) is 18.3 Å². The molecule has 0 spiro atoms. The normalized spacial score (nSPS) is 23.1. The van der Waals surface area contributed by atoms with E-state index in [0.717, 1.165) is 73.0 Å². The van der Waals surface area contributed by atoms with Crippen molar-refractivity contribution in [2.24, 2.45) is 0 Å². The highest BCUT2D eigenvalue weighted by molar-refractivity contribution is 5.93. The molecule has 2 aromatic heterocycles. The van der Waals surface area contributed by atoms with Crippen LogP contribution in [0, 0.1) is 0 Å². The van der Waals surface area contributed by atoms with E-state index in [1.165, 1.54) is 0 Å². The Morgan fingerprint density at radius 1 is 1.07 bits per heavy atom. The molecule has 5 rings (SSSR count). The van der Waals surface area contributed by atoms with Crippen molar-refractivity contribution in [2.75, 3.05) is 31.2 Å². The SMILES string of the molecule is CC1CN(c2cc(-c3n[nH]c4ccc(OC5CCOCC5)cc34)ncn2)CC(C)O1. The summed E-state index contributed by atoms with van der Waals surface area (Å²) in [6.45, 7) is 7.31. The van der Waals surface area contributed by atoms with Gasteiger partial charge in [-0.25, -0.2) is 9.97 Å². The second-order valence-corrected chi connectivity index (χ2v) is 8.13. The highest BCUT2D eigenvalue weighted by atomic mass is 16.5. The van der Waals surface area contributed by atoms with Gasteiger partial charge in [-0.3, -0.25) is 5.10 Å². The Hall–Kier alpha value is -2.71. The van der Waals surface area contributed by atoms with Crippen LogP contribution in [0.3, 0.4) is 0 Å². The second kappa shape index (κ2) is 8.20. The first-order chi connectivity index (χ1) is 14.7. The maximum absolute atomic E-state index is 6.19. The van der Waals surface area contributed by atoms with Gasteiger partial charge in [-0.15, -0.1) is 0 Å². The third-order valence-corrected chi connectivity index (χ3v) is 5.64. The molecule has 4 heterocycles. The lowest BCUT2D eigenvalue weighted by Crippen LogP contribution is -2.45. The summed E-state index contributed by atoms with van der Waals surface area (Å²) in [6.07, 6.45) is 3.98. The van der Waals surface area contributed by atoms with Gasteiger partial charge in [0.05, 0.1) is 36.6 Å². The Labute approximate surface area is 175 Å². The molecular weight excluding hydrogens is 382 g/mol. The Morgan fingerprint density at radius 3 is 2.67 bits per heavy atom. The van der Waals surface area contributed by atoms with Crippen LogP contribution in [0.25, 0.3) is 22.3 Å². The van der Waals surface area contributed by atoms with E-state index in [2.05, 4.69) is 38.9 Å². The van der Waals surface area contributed by atoms with Crippen LogP contribution in [0.5, 0.6) is 5.75 Å². The zero-order chi connectivity index (χ0) is 20.5. The predicted octanol–water partition coefficient (Wildman–Crippen LogP) is 3.19. The largest absolute Gasteiger partial charge is 0.490 e. The molecule has 8 heteroatoms. The first-order valence-electron chi connectivity index (χ1n) is 10.6. The van der Waals surface area contributed by atoms with E-state index in [1.54, 1.807) is 6.33 Å². The topological polar surface area (TPSA) is 85.4 Å². The molecule has 2 fully saturated rings. The molecule has 2 atom stereocenters. The number of nitrogens with zero attached hydrogens (tertiary/aromatic N) is 4. The minimum Gasteiger partial charge on any atom is -0.490 e. The number of aromatic nitrogens is 4. The van der Waals surface area contributed by atoms with Gasteiger partial charge in [0.25, 0.3) is 0 Å². The molecule has 2 unspecified atom stereocenters. The fourth-order valence-electron chi connectivity index (χ4n) is 4.26. The van der Waals surface area contributed by atoms with Gasteiger partial charge in [0.15, 0.2) is 0 Å².